The van der Waals surface area contributed by atoms with Crippen molar-refractivity contribution < 1.29 is 4.39 Å². The topological polar surface area (TPSA) is 12.9 Å². The fourth-order valence-electron chi connectivity index (χ4n) is 1.22. The number of aromatic nitrogens is 1. The molecule has 0 aliphatic heterocycles. The molecule has 0 saturated heterocycles. The lowest BCUT2D eigenvalue weighted by atomic mass is 10.1. The zero-order valence-corrected chi connectivity index (χ0v) is 9.40. The van der Waals surface area contributed by atoms with Gasteiger partial charge in [0.2, 0.25) is 0 Å². The molecule has 0 fully saturated rings. The zero-order valence-electron chi connectivity index (χ0n) is 7.24. The van der Waals surface area contributed by atoms with Gasteiger partial charge in [0.05, 0.1) is 5.69 Å². The van der Waals surface area contributed by atoms with E-state index in [1.165, 1.54) is 12.1 Å². The smallest absolute Gasteiger partial charge is 0.123 e. The van der Waals surface area contributed by atoms with E-state index in [1.54, 1.807) is 6.07 Å². The van der Waals surface area contributed by atoms with E-state index in [1.807, 2.05) is 24.3 Å². The number of rotatable bonds is 1. The molecule has 0 N–H and O–H groups in total. The highest BCUT2D eigenvalue weighted by Gasteiger charge is 2.00. The van der Waals surface area contributed by atoms with Crippen molar-refractivity contribution in [2.75, 3.05) is 0 Å². The first-order valence-electron chi connectivity index (χ1n) is 4.14. The minimum Gasteiger partial charge on any atom is -0.242 e. The molecular formula is C11H7FIN. The number of hydrogen-bond acceptors (Lipinski definition) is 1. The third-order valence-corrected chi connectivity index (χ3v) is 2.44. The van der Waals surface area contributed by atoms with Crippen LogP contribution in [0.25, 0.3) is 11.3 Å². The molecule has 2 rings (SSSR count). The Labute approximate surface area is 95.1 Å². The molecule has 3 heteroatoms. The van der Waals surface area contributed by atoms with Crippen molar-refractivity contribution in [3.8, 4) is 11.3 Å². The Balaban J connectivity index is 2.49. The molecule has 70 valence electrons. The Hall–Kier alpha value is -0.970. The highest BCUT2D eigenvalue weighted by molar-refractivity contribution is 14.1. The third-order valence-electron chi connectivity index (χ3n) is 1.84. The number of nitrogens with zero attached hydrogens (tertiary/aromatic N) is 1. The molecule has 1 heterocycles. The summed E-state index contributed by atoms with van der Waals surface area (Å²) in [4.78, 5) is 4.30. The number of benzene rings is 1. The minimum atomic E-state index is -0.233. The first kappa shape index (κ1) is 9.58. The average molecular weight is 299 g/mol. The summed E-state index contributed by atoms with van der Waals surface area (Å²) < 4.78 is 13.8. The molecule has 0 radical (unpaired) electrons. The summed E-state index contributed by atoms with van der Waals surface area (Å²) in [6, 6.07) is 12.1. The Bertz CT molecular complexity index is 413. The monoisotopic (exact) mass is 299 g/mol. The van der Waals surface area contributed by atoms with Gasteiger partial charge in [0, 0.05) is 5.56 Å². The van der Waals surface area contributed by atoms with Gasteiger partial charge in [0.1, 0.15) is 9.52 Å². The van der Waals surface area contributed by atoms with Crippen LogP contribution in [0, 0.1) is 9.52 Å². The quantitative estimate of drug-likeness (QED) is 0.580. The second kappa shape index (κ2) is 4.04. The maximum Gasteiger partial charge on any atom is 0.123 e. The minimum absolute atomic E-state index is 0.233. The van der Waals surface area contributed by atoms with Crippen LogP contribution in [0.3, 0.4) is 0 Å². The normalized spacial score (nSPS) is 10.1. The van der Waals surface area contributed by atoms with Crippen molar-refractivity contribution in [1.82, 2.24) is 4.98 Å². The van der Waals surface area contributed by atoms with E-state index < -0.39 is 0 Å². The molecule has 1 aromatic carbocycles. The Kier molecular flexibility index (Phi) is 2.77. The van der Waals surface area contributed by atoms with Crippen LogP contribution >= 0.6 is 22.6 Å². The zero-order chi connectivity index (χ0) is 9.97. The van der Waals surface area contributed by atoms with E-state index in [0.29, 0.717) is 0 Å². The molecule has 0 bridgehead atoms. The molecular weight excluding hydrogens is 292 g/mol. The lowest BCUT2D eigenvalue weighted by Crippen LogP contribution is -1.86. The van der Waals surface area contributed by atoms with E-state index in [0.717, 1.165) is 15.0 Å². The maximum absolute atomic E-state index is 12.9. The number of pyridine rings is 1. The van der Waals surface area contributed by atoms with Crippen molar-refractivity contribution in [1.29, 1.82) is 0 Å². The molecule has 0 aliphatic carbocycles. The van der Waals surface area contributed by atoms with Gasteiger partial charge in [-0.05, 0) is 46.9 Å². The van der Waals surface area contributed by atoms with Crippen LogP contribution in [0.2, 0.25) is 0 Å². The molecule has 0 spiro atoms. The summed E-state index contributed by atoms with van der Waals surface area (Å²) in [5.74, 6) is -0.233. The van der Waals surface area contributed by atoms with Crippen LogP contribution in [0.5, 0.6) is 0 Å². The molecule has 14 heavy (non-hydrogen) atoms. The van der Waals surface area contributed by atoms with Crippen molar-refractivity contribution in [2.24, 2.45) is 0 Å². The van der Waals surface area contributed by atoms with Crippen molar-refractivity contribution >= 4 is 22.6 Å². The van der Waals surface area contributed by atoms with Crippen molar-refractivity contribution in [2.45, 2.75) is 0 Å². The van der Waals surface area contributed by atoms with Gasteiger partial charge in [-0.25, -0.2) is 9.37 Å². The van der Waals surface area contributed by atoms with Gasteiger partial charge < -0.3 is 0 Å². The van der Waals surface area contributed by atoms with Crippen LogP contribution in [0.4, 0.5) is 4.39 Å². The van der Waals surface area contributed by atoms with E-state index in [9.17, 15) is 4.39 Å². The van der Waals surface area contributed by atoms with Crippen LogP contribution in [0.1, 0.15) is 0 Å². The Morgan fingerprint density at radius 3 is 2.57 bits per heavy atom. The maximum atomic E-state index is 12.9. The predicted octanol–water partition coefficient (Wildman–Crippen LogP) is 3.49. The molecule has 1 nitrogen and oxygen atoms in total. The summed E-state index contributed by atoms with van der Waals surface area (Å²) in [6.07, 6.45) is 0. The summed E-state index contributed by atoms with van der Waals surface area (Å²) >= 11 is 2.14. The summed E-state index contributed by atoms with van der Waals surface area (Å²) in [5, 5.41) is 0. The molecule has 1 aromatic heterocycles. The third kappa shape index (κ3) is 2.09. The fourth-order valence-corrected chi connectivity index (χ4v) is 1.68. The highest BCUT2D eigenvalue weighted by atomic mass is 127. The SMILES string of the molecule is Fc1cccc(-c2cccc(I)n2)c1. The molecule has 0 atom stereocenters. The molecule has 0 unspecified atom stereocenters. The van der Waals surface area contributed by atoms with E-state index in [2.05, 4.69) is 27.6 Å². The molecule has 0 saturated carbocycles. The van der Waals surface area contributed by atoms with Gasteiger partial charge in [0.15, 0.2) is 0 Å². The lowest BCUT2D eigenvalue weighted by Gasteiger charge is -2.00. The van der Waals surface area contributed by atoms with Crippen molar-refractivity contribution in [3.63, 3.8) is 0 Å². The van der Waals surface area contributed by atoms with E-state index in [-0.39, 0.29) is 5.82 Å². The molecule has 0 aliphatic rings. The Morgan fingerprint density at radius 1 is 1.07 bits per heavy atom. The Morgan fingerprint density at radius 2 is 1.86 bits per heavy atom. The van der Waals surface area contributed by atoms with Crippen LogP contribution in [0.15, 0.2) is 42.5 Å². The van der Waals surface area contributed by atoms with Gasteiger partial charge in [0.25, 0.3) is 0 Å². The lowest BCUT2D eigenvalue weighted by molar-refractivity contribution is 0.628. The second-order valence-corrected chi connectivity index (χ2v) is 3.96. The van der Waals surface area contributed by atoms with E-state index in [4.69, 9.17) is 0 Å². The van der Waals surface area contributed by atoms with Gasteiger partial charge in [-0.1, -0.05) is 18.2 Å². The summed E-state index contributed by atoms with van der Waals surface area (Å²) in [6.45, 7) is 0. The molecule has 2 aromatic rings. The first-order chi connectivity index (χ1) is 6.75. The van der Waals surface area contributed by atoms with Crippen LogP contribution < -0.4 is 0 Å². The average Bonchev–Trinajstić information content (AvgIpc) is 2.18. The van der Waals surface area contributed by atoms with Crippen molar-refractivity contribution in [3.05, 3.63) is 52.0 Å². The number of hydrogen-bond donors (Lipinski definition) is 0. The van der Waals surface area contributed by atoms with Crippen LogP contribution in [-0.4, -0.2) is 4.98 Å². The van der Waals surface area contributed by atoms with Gasteiger partial charge in [-0.15, -0.1) is 0 Å². The molecule has 0 amide bonds. The number of halogens is 2. The van der Waals surface area contributed by atoms with Gasteiger partial charge >= 0.3 is 0 Å². The summed E-state index contributed by atoms with van der Waals surface area (Å²) in [7, 11) is 0. The highest BCUT2D eigenvalue weighted by Crippen LogP contribution is 2.18. The van der Waals surface area contributed by atoms with E-state index >= 15 is 0 Å². The summed E-state index contributed by atoms with van der Waals surface area (Å²) in [5.41, 5.74) is 1.61. The second-order valence-electron chi connectivity index (χ2n) is 2.86. The van der Waals surface area contributed by atoms with Gasteiger partial charge in [-0.3, -0.25) is 0 Å². The predicted molar refractivity (Wildman–Crippen MR) is 62.3 cm³/mol. The van der Waals surface area contributed by atoms with Gasteiger partial charge in [-0.2, -0.15) is 0 Å². The fraction of sp³-hybridized carbons (Fsp3) is 0. The first-order valence-corrected chi connectivity index (χ1v) is 5.22. The standard InChI is InChI=1S/C11H7FIN/c12-9-4-1-3-8(7-9)10-5-2-6-11(13)14-10/h1-7H. The van der Waals surface area contributed by atoms with Crippen LogP contribution in [-0.2, 0) is 0 Å². The largest absolute Gasteiger partial charge is 0.242 e.